The minimum Gasteiger partial charge on any atom is -0.315 e. The number of thioether (sulfide) groups is 1. The van der Waals surface area contributed by atoms with Crippen LogP contribution < -0.4 is 4.90 Å². The smallest absolute Gasteiger partial charge is 0.164 e. The predicted molar refractivity (Wildman–Crippen MR) is 105 cm³/mol. The lowest BCUT2D eigenvalue weighted by molar-refractivity contribution is 0.601. The first kappa shape index (κ1) is 17.8. The van der Waals surface area contributed by atoms with Crippen molar-refractivity contribution in [2.24, 2.45) is 4.99 Å². The molecule has 136 valence electrons. The highest BCUT2D eigenvalue weighted by Crippen LogP contribution is 2.36. The third kappa shape index (κ3) is 3.61. The average molecular weight is 411 g/mol. The molecular formula is C18H16ClFN2O2S2. The summed E-state index contributed by atoms with van der Waals surface area (Å²) in [5.41, 5.74) is 1.72. The number of nitrogens with zero attached hydrogens (tertiary/aromatic N) is 2. The van der Waals surface area contributed by atoms with E-state index in [4.69, 9.17) is 11.6 Å². The zero-order valence-electron chi connectivity index (χ0n) is 13.7. The molecule has 2 aromatic carbocycles. The Kier molecular flexibility index (Phi) is 4.71. The van der Waals surface area contributed by atoms with Gasteiger partial charge in [0.05, 0.1) is 23.6 Å². The van der Waals surface area contributed by atoms with Crippen molar-refractivity contribution >= 4 is 44.1 Å². The van der Waals surface area contributed by atoms with E-state index >= 15 is 0 Å². The molecule has 4 nitrogen and oxygen atoms in total. The van der Waals surface area contributed by atoms with Crippen LogP contribution in [0.5, 0.6) is 0 Å². The van der Waals surface area contributed by atoms with Crippen molar-refractivity contribution in [3.63, 3.8) is 0 Å². The fourth-order valence-corrected chi connectivity index (χ4v) is 6.35. The molecule has 0 spiro atoms. The lowest BCUT2D eigenvalue weighted by Gasteiger charge is -2.26. The van der Waals surface area contributed by atoms with Crippen LogP contribution in [0.2, 0.25) is 5.02 Å². The Hall–Kier alpha value is -1.57. The van der Waals surface area contributed by atoms with Crippen LogP contribution in [0.4, 0.5) is 10.1 Å². The number of rotatable bonds is 3. The van der Waals surface area contributed by atoms with Gasteiger partial charge in [0.25, 0.3) is 0 Å². The minimum absolute atomic E-state index is 0.0752. The van der Waals surface area contributed by atoms with Gasteiger partial charge in [0.15, 0.2) is 15.0 Å². The second-order valence-corrected chi connectivity index (χ2v) is 9.92. The number of anilines is 1. The van der Waals surface area contributed by atoms with Crippen LogP contribution in [0.15, 0.2) is 53.5 Å². The van der Waals surface area contributed by atoms with E-state index in [0.29, 0.717) is 10.8 Å². The summed E-state index contributed by atoms with van der Waals surface area (Å²) in [6, 6.07) is 13.3. The molecule has 0 aromatic heterocycles. The number of benzene rings is 2. The Labute approximate surface area is 161 Å². The third-order valence-electron chi connectivity index (χ3n) is 4.47. The van der Waals surface area contributed by atoms with Gasteiger partial charge in [-0.05, 0) is 42.0 Å². The Morgan fingerprint density at radius 3 is 2.69 bits per heavy atom. The van der Waals surface area contributed by atoms with E-state index in [1.807, 2.05) is 23.1 Å². The normalized spacial score (nSPS) is 23.8. The maximum Gasteiger partial charge on any atom is 0.164 e. The average Bonchev–Trinajstić information content (AvgIpc) is 3.05. The molecule has 2 unspecified atom stereocenters. The highest BCUT2D eigenvalue weighted by atomic mass is 35.5. The Morgan fingerprint density at radius 1 is 1.19 bits per heavy atom. The summed E-state index contributed by atoms with van der Waals surface area (Å²) >= 11 is 7.47. The number of aliphatic imine (C=N–C) groups is 1. The van der Waals surface area contributed by atoms with Gasteiger partial charge in [-0.15, -0.1) is 0 Å². The lowest BCUT2D eigenvalue weighted by atomic mass is 10.1. The fourth-order valence-electron chi connectivity index (χ4n) is 3.31. The molecule has 0 radical (unpaired) electrons. The highest BCUT2D eigenvalue weighted by Gasteiger charge is 2.47. The molecule has 26 heavy (non-hydrogen) atoms. The summed E-state index contributed by atoms with van der Waals surface area (Å²) < 4.78 is 37.5. The summed E-state index contributed by atoms with van der Waals surface area (Å²) in [5, 5.41) is 1.39. The Bertz CT molecular complexity index is 963. The largest absolute Gasteiger partial charge is 0.315 e. The number of hydrogen-bond donors (Lipinski definition) is 0. The number of halogens is 2. The van der Waals surface area contributed by atoms with E-state index in [-0.39, 0.29) is 29.4 Å². The van der Waals surface area contributed by atoms with Crippen LogP contribution in [0.25, 0.3) is 0 Å². The number of sulfone groups is 1. The van der Waals surface area contributed by atoms with Gasteiger partial charge in [-0.3, -0.25) is 4.99 Å². The monoisotopic (exact) mass is 410 g/mol. The second kappa shape index (κ2) is 6.87. The van der Waals surface area contributed by atoms with Gasteiger partial charge in [-0.25, -0.2) is 12.8 Å². The van der Waals surface area contributed by atoms with E-state index in [9.17, 15) is 12.8 Å². The van der Waals surface area contributed by atoms with Crippen molar-refractivity contribution in [3.05, 3.63) is 64.9 Å². The lowest BCUT2D eigenvalue weighted by Crippen LogP contribution is -2.39. The molecular weight excluding hydrogens is 395 g/mol. The van der Waals surface area contributed by atoms with Crippen LogP contribution >= 0.6 is 23.4 Å². The molecule has 2 aromatic rings. The third-order valence-corrected chi connectivity index (χ3v) is 7.46. The first-order valence-electron chi connectivity index (χ1n) is 8.11. The molecule has 1 fully saturated rings. The zero-order chi connectivity index (χ0) is 18.3. The van der Waals surface area contributed by atoms with E-state index in [1.54, 1.807) is 18.2 Å². The second-order valence-electron chi connectivity index (χ2n) is 6.39. The van der Waals surface area contributed by atoms with Crippen molar-refractivity contribution in [1.82, 2.24) is 0 Å². The first-order chi connectivity index (χ1) is 12.4. The van der Waals surface area contributed by atoms with E-state index in [1.165, 1.54) is 23.9 Å². The van der Waals surface area contributed by atoms with Crippen molar-refractivity contribution < 1.29 is 12.8 Å². The van der Waals surface area contributed by atoms with Crippen LogP contribution in [-0.2, 0) is 15.6 Å². The molecule has 0 aliphatic carbocycles. The molecule has 2 heterocycles. The molecule has 8 heteroatoms. The SMILES string of the molecule is O=S1(=O)CC2N=C(SCc3cccc(F)c3)N(c3ccc(Cl)cc3)C2C1. The number of amidine groups is 1. The van der Waals surface area contributed by atoms with E-state index < -0.39 is 9.84 Å². The summed E-state index contributed by atoms with van der Waals surface area (Å²) in [4.78, 5) is 6.64. The van der Waals surface area contributed by atoms with Crippen molar-refractivity contribution in [1.29, 1.82) is 0 Å². The van der Waals surface area contributed by atoms with Gasteiger partial charge in [-0.2, -0.15) is 0 Å². The van der Waals surface area contributed by atoms with Crippen molar-refractivity contribution in [2.45, 2.75) is 17.8 Å². The molecule has 0 N–H and O–H groups in total. The maximum absolute atomic E-state index is 13.4. The summed E-state index contributed by atoms with van der Waals surface area (Å²) in [7, 11) is -3.08. The van der Waals surface area contributed by atoms with Gasteiger partial charge >= 0.3 is 0 Å². The molecule has 2 aliphatic rings. The molecule has 0 bridgehead atoms. The van der Waals surface area contributed by atoms with E-state index in [0.717, 1.165) is 16.4 Å². The number of fused-ring (bicyclic) bond motifs is 1. The van der Waals surface area contributed by atoms with Gasteiger partial charge in [-0.1, -0.05) is 35.5 Å². The van der Waals surface area contributed by atoms with Crippen LogP contribution in [0, 0.1) is 5.82 Å². The van der Waals surface area contributed by atoms with Crippen molar-refractivity contribution in [2.75, 3.05) is 16.4 Å². The van der Waals surface area contributed by atoms with Crippen LogP contribution in [0.3, 0.4) is 0 Å². The van der Waals surface area contributed by atoms with Crippen LogP contribution in [0.1, 0.15) is 5.56 Å². The quantitative estimate of drug-likeness (QED) is 0.773. The van der Waals surface area contributed by atoms with Gasteiger partial charge in [0.2, 0.25) is 0 Å². The molecule has 0 amide bonds. The molecule has 0 saturated carbocycles. The topological polar surface area (TPSA) is 49.7 Å². The van der Waals surface area contributed by atoms with Gasteiger partial charge in [0, 0.05) is 16.5 Å². The molecule has 1 saturated heterocycles. The minimum atomic E-state index is -3.08. The molecule has 2 aliphatic heterocycles. The summed E-state index contributed by atoms with van der Waals surface area (Å²) in [6.07, 6.45) is 0. The Morgan fingerprint density at radius 2 is 1.96 bits per heavy atom. The summed E-state index contributed by atoms with van der Waals surface area (Å²) in [5.74, 6) is 0.459. The fraction of sp³-hybridized carbons (Fsp3) is 0.278. The highest BCUT2D eigenvalue weighted by molar-refractivity contribution is 8.13. The maximum atomic E-state index is 13.4. The van der Waals surface area contributed by atoms with E-state index in [2.05, 4.69) is 4.99 Å². The van der Waals surface area contributed by atoms with Crippen LogP contribution in [-0.4, -0.2) is 37.2 Å². The first-order valence-corrected chi connectivity index (χ1v) is 11.3. The molecule has 2 atom stereocenters. The van der Waals surface area contributed by atoms with Gasteiger partial charge in [0.1, 0.15) is 5.82 Å². The number of hydrogen-bond acceptors (Lipinski definition) is 5. The molecule has 4 rings (SSSR count). The standard InChI is InChI=1S/C18H16ClFN2O2S2/c19-13-4-6-15(7-5-13)22-17-11-26(23,24)10-16(17)21-18(22)25-9-12-2-1-3-14(20)8-12/h1-8,16-17H,9-11H2. The predicted octanol–water partition coefficient (Wildman–Crippen LogP) is 3.75. The Balaban J connectivity index is 1.61. The zero-order valence-corrected chi connectivity index (χ0v) is 16.1. The van der Waals surface area contributed by atoms with Gasteiger partial charge < -0.3 is 4.90 Å². The van der Waals surface area contributed by atoms with Crippen molar-refractivity contribution in [3.8, 4) is 0 Å². The summed E-state index contributed by atoms with van der Waals surface area (Å²) in [6.45, 7) is 0.